The van der Waals surface area contributed by atoms with Gasteiger partial charge in [0.2, 0.25) is 0 Å². The van der Waals surface area contributed by atoms with Gasteiger partial charge in [0, 0.05) is 5.30 Å². The van der Waals surface area contributed by atoms with E-state index in [-0.39, 0.29) is 0 Å². The zero-order valence-electron chi connectivity index (χ0n) is 7.34. The Labute approximate surface area is 88.0 Å². The van der Waals surface area contributed by atoms with E-state index in [2.05, 4.69) is 6.92 Å². The van der Waals surface area contributed by atoms with E-state index >= 15 is 0 Å². The molecule has 0 heterocycles. The van der Waals surface area contributed by atoms with Crippen LogP contribution in [0, 0.1) is 0 Å². The lowest BCUT2D eigenvalue weighted by atomic mass is 10.1. The molecule has 72 valence electrons. The maximum Gasteiger partial charge on any atom is 0.281 e. The summed E-state index contributed by atoms with van der Waals surface area (Å²) in [5.74, 6) is -3.11. The molecule has 0 saturated heterocycles. The van der Waals surface area contributed by atoms with Gasteiger partial charge < -0.3 is 0 Å². The van der Waals surface area contributed by atoms with Crippen molar-refractivity contribution in [3.63, 3.8) is 0 Å². The normalized spacial score (nSPS) is 11.6. The van der Waals surface area contributed by atoms with Gasteiger partial charge in [0.15, 0.2) is 0 Å². The number of rotatable bonds is 3. The molecule has 0 aromatic heterocycles. The lowest BCUT2D eigenvalue weighted by Crippen LogP contribution is -1.97. The van der Waals surface area contributed by atoms with Gasteiger partial charge in [-0.2, -0.15) is 0 Å². The maximum atomic E-state index is 11.2. The molecular weight excluding hydrogens is 226 g/mol. The first-order valence-corrected chi connectivity index (χ1v) is 7.64. The van der Waals surface area contributed by atoms with Crippen molar-refractivity contribution >= 4 is 33.6 Å². The summed E-state index contributed by atoms with van der Waals surface area (Å²) < 4.78 is 11.2. The van der Waals surface area contributed by atoms with Crippen molar-refractivity contribution in [3.05, 3.63) is 29.8 Å². The predicted octanol–water partition coefficient (Wildman–Crippen LogP) is 3.94. The predicted molar refractivity (Wildman–Crippen MR) is 59.4 cm³/mol. The molecule has 13 heavy (non-hydrogen) atoms. The second kappa shape index (κ2) is 4.50. The van der Waals surface area contributed by atoms with Crippen molar-refractivity contribution < 1.29 is 4.57 Å². The highest BCUT2D eigenvalue weighted by Gasteiger charge is 2.16. The molecule has 0 spiro atoms. The molecule has 1 aromatic rings. The summed E-state index contributed by atoms with van der Waals surface area (Å²) in [7, 11) is 0. The quantitative estimate of drug-likeness (QED) is 0.727. The average molecular weight is 237 g/mol. The molecule has 0 fully saturated rings. The van der Waals surface area contributed by atoms with Crippen molar-refractivity contribution in [1.82, 2.24) is 0 Å². The van der Waals surface area contributed by atoms with Crippen LogP contribution in [0.5, 0.6) is 0 Å². The number of hydrogen-bond donors (Lipinski definition) is 0. The third-order valence-corrected chi connectivity index (χ3v) is 3.85. The summed E-state index contributed by atoms with van der Waals surface area (Å²) in [5.41, 5.74) is 1.22. The summed E-state index contributed by atoms with van der Waals surface area (Å²) in [6.07, 6.45) is 2.12. The first-order valence-electron chi connectivity index (χ1n) is 4.13. The molecule has 0 atom stereocenters. The second-order valence-corrected chi connectivity index (χ2v) is 7.70. The number of hydrogen-bond acceptors (Lipinski definition) is 1. The summed E-state index contributed by atoms with van der Waals surface area (Å²) in [5, 5.41) is 0.510. The Bertz CT molecular complexity index is 315. The van der Waals surface area contributed by atoms with Crippen LogP contribution in [0.3, 0.4) is 0 Å². The van der Waals surface area contributed by atoms with Gasteiger partial charge in [0.05, 0.1) is 0 Å². The minimum atomic E-state index is -3.11. The van der Waals surface area contributed by atoms with Crippen LogP contribution in [0.2, 0.25) is 0 Å². The number of halogens is 2. The zero-order valence-corrected chi connectivity index (χ0v) is 9.74. The first-order chi connectivity index (χ1) is 6.04. The molecule has 4 heteroatoms. The van der Waals surface area contributed by atoms with Crippen LogP contribution in [-0.2, 0) is 11.0 Å². The molecule has 0 radical (unpaired) electrons. The third-order valence-electron chi connectivity index (χ3n) is 1.78. The molecule has 0 N–H and O–H groups in total. The smallest absolute Gasteiger partial charge is 0.281 e. The lowest BCUT2D eigenvalue weighted by Gasteiger charge is -2.03. The zero-order chi connectivity index (χ0) is 9.90. The van der Waals surface area contributed by atoms with E-state index in [1.165, 1.54) is 5.56 Å². The minimum Gasteiger partial charge on any atom is -0.284 e. The fourth-order valence-corrected chi connectivity index (χ4v) is 2.30. The largest absolute Gasteiger partial charge is 0.284 e. The highest BCUT2D eigenvalue weighted by Crippen LogP contribution is 2.55. The second-order valence-electron chi connectivity index (χ2n) is 2.88. The molecule has 0 aliphatic heterocycles. The third kappa shape index (κ3) is 3.34. The van der Waals surface area contributed by atoms with Gasteiger partial charge in [-0.05, 0) is 46.6 Å². The SMILES string of the molecule is CCCc1ccc(P(=O)(Cl)Cl)cc1. The van der Waals surface area contributed by atoms with E-state index in [0.717, 1.165) is 12.8 Å². The van der Waals surface area contributed by atoms with Gasteiger partial charge in [0.25, 0.3) is 5.85 Å². The fourth-order valence-electron chi connectivity index (χ4n) is 1.12. The Balaban J connectivity index is 2.88. The lowest BCUT2D eigenvalue weighted by molar-refractivity contribution is 0.597. The highest BCUT2D eigenvalue weighted by atomic mass is 35.9. The van der Waals surface area contributed by atoms with Crippen LogP contribution < -0.4 is 5.30 Å². The van der Waals surface area contributed by atoms with Crippen molar-refractivity contribution in [3.8, 4) is 0 Å². The van der Waals surface area contributed by atoms with E-state index in [1.54, 1.807) is 12.1 Å². The molecule has 1 aromatic carbocycles. The highest BCUT2D eigenvalue weighted by molar-refractivity contribution is 8.13. The van der Waals surface area contributed by atoms with Gasteiger partial charge >= 0.3 is 0 Å². The number of aryl methyl sites for hydroxylation is 1. The topological polar surface area (TPSA) is 17.1 Å². The molecule has 0 amide bonds. The van der Waals surface area contributed by atoms with E-state index in [1.807, 2.05) is 12.1 Å². The fraction of sp³-hybridized carbons (Fsp3) is 0.333. The summed E-state index contributed by atoms with van der Waals surface area (Å²) in [4.78, 5) is 0. The van der Waals surface area contributed by atoms with E-state index < -0.39 is 5.85 Å². The van der Waals surface area contributed by atoms with Gasteiger partial charge in [0.1, 0.15) is 0 Å². The Hall–Kier alpha value is 0.0300. The molecule has 0 bridgehead atoms. The summed E-state index contributed by atoms with van der Waals surface area (Å²) in [6.45, 7) is 2.11. The Kier molecular flexibility index (Phi) is 3.85. The summed E-state index contributed by atoms with van der Waals surface area (Å²) >= 11 is 11.0. The molecular formula is C9H11Cl2OP. The Morgan fingerprint density at radius 1 is 1.23 bits per heavy atom. The Morgan fingerprint density at radius 2 is 1.77 bits per heavy atom. The molecule has 0 saturated carbocycles. The van der Waals surface area contributed by atoms with Crippen molar-refractivity contribution in [2.75, 3.05) is 0 Å². The molecule has 1 rings (SSSR count). The van der Waals surface area contributed by atoms with Crippen LogP contribution in [0.15, 0.2) is 24.3 Å². The molecule has 0 aliphatic carbocycles. The molecule has 0 aliphatic rings. The summed E-state index contributed by atoms with van der Waals surface area (Å²) in [6, 6.07) is 7.28. The number of benzene rings is 1. The van der Waals surface area contributed by atoms with Gasteiger partial charge in [-0.1, -0.05) is 25.5 Å². The van der Waals surface area contributed by atoms with Gasteiger partial charge in [-0.15, -0.1) is 0 Å². The minimum absolute atomic E-state index is 0.510. The average Bonchev–Trinajstić information content (AvgIpc) is 2.04. The first kappa shape index (κ1) is 11.1. The Morgan fingerprint density at radius 3 is 2.15 bits per heavy atom. The van der Waals surface area contributed by atoms with Crippen LogP contribution in [-0.4, -0.2) is 0 Å². The van der Waals surface area contributed by atoms with Gasteiger partial charge in [-0.25, -0.2) is 0 Å². The van der Waals surface area contributed by atoms with Crippen molar-refractivity contribution in [2.24, 2.45) is 0 Å². The van der Waals surface area contributed by atoms with Crippen LogP contribution >= 0.6 is 28.3 Å². The van der Waals surface area contributed by atoms with Crippen molar-refractivity contribution in [2.45, 2.75) is 19.8 Å². The van der Waals surface area contributed by atoms with Crippen LogP contribution in [0.1, 0.15) is 18.9 Å². The van der Waals surface area contributed by atoms with Crippen LogP contribution in [0.4, 0.5) is 0 Å². The van der Waals surface area contributed by atoms with Crippen LogP contribution in [0.25, 0.3) is 0 Å². The van der Waals surface area contributed by atoms with E-state index in [0.29, 0.717) is 5.30 Å². The molecule has 1 nitrogen and oxygen atoms in total. The van der Waals surface area contributed by atoms with E-state index in [4.69, 9.17) is 22.5 Å². The molecule has 0 unspecified atom stereocenters. The standard InChI is InChI=1S/C9H11Cl2OP/c1-2-3-8-4-6-9(7-5-8)13(10,11)12/h4-7H,2-3H2,1H3. The van der Waals surface area contributed by atoms with Gasteiger partial charge in [-0.3, -0.25) is 4.57 Å². The maximum absolute atomic E-state index is 11.2. The monoisotopic (exact) mass is 236 g/mol. The van der Waals surface area contributed by atoms with Crippen molar-refractivity contribution in [1.29, 1.82) is 0 Å². The van der Waals surface area contributed by atoms with E-state index in [9.17, 15) is 4.57 Å².